The van der Waals surface area contributed by atoms with Gasteiger partial charge in [0.25, 0.3) is 5.56 Å². The van der Waals surface area contributed by atoms with Gasteiger partial charge in [-0.2, -0.15) is 5.10 Å². The summed E-state index contributed by atoms with van der Waals surface area (Å²) in [5, 5.41) is 8.69. The molecule has 1 spiro atoms. The van der Waals surface area contributed by atoms with Crippen LogP contribution in [0.3, 0.4) is 0 Å². The second kappa shape index (κ2) is 3.67. The molecule has 3 N–H and O–H groups in total. The zero-order chi connectivity index (χ0) is 13.0. The summed E-state index contributed by atoms with van der Waals surface area (Å²) in [5.74, 6) is 0.481. The van der Waals surface area contributed by atoms with Crippen LogP contribution in [0.15, 0.2) is 29.1 Å². The minimum absolute atomic E-state index is 0.0981. The minimum atomic E-state index is -0.0981. The highest BCUT2D eigenvalue weighted by Gasteiger charge is 2.52. The molecular formula is C15H17N3O. The fourth-order valence-corrected chi connectivity index (χ4v) is 4.01. The first-order valence-electron chi connectivity index (χ1n) is 6.90. The maximum Gasteiger partial charge on any atom is 0.272 e. The van der Waals surface area contributed by atoms with Crippen LogP contribution in [0.2, 0.25) is 0 Å². The largest absolute Gasteiger partial charge is 0.328 e. The van der Waals surface area contributed by atoms with Crippen molar-refractivity contribution < 1.29 is 0 Å². The molecule has 2 saturated carbocycles. The van der Waals surface area contributed by atoms with Gasteiger partial charge >= 0.3 is 0 Å². The minimum Gasteiger partial charge on any atom is -0.328 e. The molecule has 0 unspecified atom stereocenters. The molecule has 2 aliphatic rings. The number of fused-ring (bicyclic) bond motifs is 1. The van der Waals surface area contributed by atoms with E-state index in [4.69, 9.17) is 5.73 Å². The SMILES string of the molecule is NC1CC2(C1)CC(c1n[nH]c(=O)c3ccccc13)C2. The van der Waals surface area contributed by atoms with E-state index < -0.39 is 0 Å². The molecule has 0 atom stereocenters. The third-order valence-electron chi connectivity index (χ3n) is 4.86. The van der Waals surface area contributed by atoms with Crippen molar-refractivity contribution in [2.75, 3.05) is 0 Å². The number of H-pyrrole nitrogens is 1. The maximum absolute atomic E-state index is 11.8. The molecule has 2 aliphatic carbocycles. The Labute approximate surface area is 111 Å². The Kier molecular flexibility index (Phi) is 2.16. The first-order chi connectivity index (χ1) is 9.17. The summed E-state index contributed by atoms with van der Waals surface area (Å²) in [7, 11) is 0. The average molecular weight is 255 g/mol. The third-order valence-corrected chi connectivity index (χ3v) is 4.86. The summed E-state index contributed by atoms with van der Waals surface area (Å²) in [6.07, 6.45) is 4.66. The lowest BCUT2D eigenvalue weighted by atomic mass is 9.49. The van der Waals surface area contributed by atoms with E-state index in [9.17, 15) is 4.79 Å². The molecule has 1 aromatic heterocycles. The molecule has 0 saturated heterocycles. The van der Waals surface area contributed by atoms with Crippen molar-refractivity contribution in [2.24, 2.45) is 11.1 Å². The number of aromatic amines is 1. The molecule has 19 heavy (non-hydrogen) atoms. The van der Waals surface area contributed by atoms with Crippen LogP contribution >= 0.6 is 0 Å². The lowest BCUT2D eigenvalue weighted by Gasteiger charge is -2.56. The number of nitrogens with zero attached hydrogens (tertiary/aromatic N) is 1. The predicted octanol–water partition coefficient (Wildman–Crippen LogP) is 1.91. The molecule has 2 fully saturated rings. The Morgan fingerprint density at radius 1 is 1.16 bits per heavy atom. The molecule has 1 heterocycles. The van der Waals surface area contributed by atoms with Crippen molar-refractivity contribution in [3.63, 3.8) is 0 Å². The van der Waals surface area contributed by atoms with Crippen LogP contribution in [-0.4, -0.2) is 16.2 Å². The topological polar surface area (TPSA) is 71.8 Å². The van der Waals surface area contributed by atoms with E-state index >= 15 is 0 Å². The van der Waals surface area contributed by atoms with Crippen molar-refractivity contribution in [1.82, 2.24) is 10.2 Å². The third kappa shape index (κ3) is 1.56. The van der Waals surface area contributed by atoms with E-state index in [0.29, 0.717) is 17.4 Å². The van der Waals surface area contributed by atoms with E-state index in [-0.39, 0.29) is 5.56 Å². The highest BCUT2D eigenvalue weighted by Crippen LogP contribution is 2.61. The molecule has 0 aliphatic heterocycles. The summed E-state index contributed by atoms with van der Waals surface area (Å²) < 4.78 is 0. The van der Waals surface area contributed by atoms with Gasteiger partial charge in [0.1, 0.15) is 0 Å². The number of hydrogen-bond acceptors (Lipinski definition) is 3. The van der Waals surface area contributed by atoms with Gasteiger partial charge in [0.05, 0.1) is 11.1 Å². The van der Waals surface area contributed by atoms with Gasteiger partial charge in [0, 0.05) is 17.3 Å². The molecular weight excluding hydrogens is 238 g/mol. The quantitative estimate of drug-likeness (QED) is 0.817. The molecule has 98 valence electrons. The van der Waals surface area contributed by atoms with Crippen LogP contribution in [0.4, 0.5) is 0 Å². The van der Waals surface area contributed by atoms with Crippen molar-refractivity contribution in [1.29, 1.82) is 0 Å². The zero-order valence-electron chi connectivity index (χ0n) is 10.7. The van der Waals surface area contributed by atoms with Crippen LogP contribution in [0.5, 0.6) is 0 Å². The van der Waals surface area contributed by atoms with Gasteiger partial charge < -0.3 is 5.73 Å². The number of nitrogens with two attached hydrogens (primary N) is 1. The Balaban J connectivity index is 1.70. The monoisotopic (exact) mass is 255 g/mol. The molecule has 1 aromatic carbocycles. The number of benzene rings is 1. The van der Waals surface area contributed by atoms with Crippen LogP contribution < -0.4 is 11.3 Å². The van der Waals surface area contributed by atoms with E-state index in [1.54, 1.807) is 0 Å². The Morgan fingerprint density at radius 2 is 1.84 bits per heavy atom. The normalized spacial score (nSPS) is 33.1. The van der Waals surface area contributed by atoms with E-state index in [1.807, 2.05) is 24.3 Å². The highest BCUT2D eigenvalue weighted by atomic mass is 16.1. The first-order valence-corrected chi connectivity index (χ1v) is 6.90. The molecule has 2 aromatic rings. The van der Waals surface area contributed by atoms with Gasteiger partial charge in [0.2, 0.25) is 0 Å². The molecule has 0 amide bonds. The van der Waals surface area contributed by atoms with Crippen molar-refractivity contribution in [3.05, 3.63) is 40.3 Å². The summed E-state index contributed by atoms with van der Waals surface area (Å²) in [6, 6.07) is 8.15. The highest BCUT2D eigenvalue weighted by molar-refractivity contribution is 5.83. The van der Waals surface area contributed by atoms with Gasteiger partial charge in [-0.3, -0.25) is 4.79 Å². The fraction of sp³-hybridized carbons (Fsp3) is 0.467. The van der Waals surface area contributed by atoms with Crippen molar-refractivity contribution in [2.45, 2.75) is 37.6 Å². The first kappa shape index (κ1) is 11.2. The van der Waals surface area contributed by atoms with E-state index in [2.05, 4.69) is 10.2 Å². The van der Waals surface area contributed by atoms with Crippen LogP contribution in [0.1, 0.15) is 37.3 Å². The van der Waals surface area contributed by atoms with Gasteiger partial charge in [-0.1, -0.05) is 18.2 Å². The van der Waals surface area contributed by atoms with Gasteiger partial charge in [-0.05, 0) is 37.2 Å². The maximum atomic E-state index is 11.8. The fourth-order valence-electron chi connectivity index (χ4n) is 4.01. The van der Waals surface area contributed by atoms with Crippen LogP contribution in [0.25, 0.3) is 10.8 Å². The molecule has 4 rings (SSSR count). The molecule has 0 bridgehead atoms. The average Bonchev–Trinajstić information content (AvgIpc) is 2.34. The lowest BCUT2D eigenvalue weighted by molar-refractivity contribution is -0.00921. The van der Waals surface area contributed by atoms with Crippen molar-refractivity contribution in [3.8, 4) is 0 Å². The second-order valence-corrected chi connectivity index (χ2v) is 6.26. The number of rotatable bonds is 1. The Morgan fingerprint density at radius 3 is 2.53 bits per heavy atom. The summed E-state index contributed by atoms with van der Waals surface area (Å²) >= 11 is 0. The van der Waals surface area contributed by atoms with Gasteiger partial charge in [-0.25, -0.2) is 5.10 Å². The van der Waals surface area contributed by atoms with Gasteiger partial charge in [0.15, 0.2) is 0 Å². The van der Waals surface area contributed by atoms with Crippen LogP contribution in [-0.2, 0) is 0 Å². The summed E-state index contributed by atoms with van der Waals surface area (Å²) in [4.78, 5) is 11.8. The smallest absolute Gasteiger partial charge is 0.272 e. The second-order valence-electron chi connectivity index (χ2n) is 6.26. The summed E-state index contributed by atoms with van der Waals surface area (Å²) in [6.45, 7) is 0. The van der Waals surface area contributed by atoms with Crippen molar-refractivity contribution >= 4 is 10.8 Å². The Bertz CT molecular complexity index is 692. The van der Waals surface area contributed by atoms with Crippen LogP contribution in [0, 0.1) is 5.41 Å². The number of aromatic nitrogens is 2. The standard InChI is InChI=1S/C15H17N3O/c16-10-7-15(8-10)5-9(6-15)13-11-3-1-2-4-12(11)14(19)18-17-13/h1-4,9-10H,5-8,16H2,(H,18,19). The predicted molar refractivity (Wildman–Crippen MR) is 74.0 cm³/mol. The van der Waals surface area contributed by atoms with E-state index in [0.717, 1.165) is 29.3 Å². The summed E-state index contributed by atoms with van der Waals surface area (Å²) in [5.41, 5.74) is 7.34. The number of hydrogen-bond donors (Lipinski definition) is 2. The van der Waals surface area contributed by atoms with Gasteiger partial charge in [-0.15, -0.1) is 0 Å². The zero-order valence-corrected chi connectivity index (χ0v) is 10.7. The lowest BCUT2D eigenvalue weighted by Crippen LogP contribution is -2.52. The number of nitrogens with one attached hydrogen (secondary N) is 1. The molecule has 4 nitrogen and oxygen atoms in total. The molecule has 0 radical (unpaired) electrons. The Hall–Kier alpha value is -1.68. The van der Waals surface area contributed by atoms with E-state index in [1.165, 1.54) is 12.8 Å². The molecule has 4 heteroatoms.